The maximum absolute atomic E-state index is 10.9. The van der Waals surface area contributed by atoms with Crippen molar-refractivity contribution in [3.63, 3.8) is 0 Å². The smallest absolute Gasteiger partial charge is 0.221 e. The molecule has 4 nitrogen and oxygen atoms in total. The lowest BCUT2D eigenvalue weighted by molar-refractivity contribution is -0.114. The van der Waals surface area contributed by atoms with Gasteiger partial charge < -0.3 is 15.1 Å². The van der Waals surface area contributed by atoms with Gasteiger partial charge in [0.1, 0.15) is 5.76 Å². The molecule has 2 aromatic rings. The molecule has 2 N–H and O–H groups in total. The molecule has 0 aliphatic carbocycles. The summed E-state index contributed by atoms with van der Waals surface area (Å²) in [4.78, 5) is 10.9. The highest BCUT2D eigenvalue weighted by molar-refractivity contribution is 5.88. The van der Waals surface area contributed by atoms with E-state index >= 15 is 0 Å². The number of carbonyl (C=O) groups is 1. The van der Waals surface area contributed by atoms with E-state index < -0.39 is 0 Å². The van der Waals surface area contributed by atoms with Gasteiger partial charge in [-0.15, -0.1) is 0 Å². The molecule has 0 aliphatic rings. The number of hydrogen-bond donors (Lipinski definition) is 2. The summed E-state index contributed by atoms with van der Waals surface area (Å²) in [7, 11) is 0. The molecule has 1 heterocycles. The highest BCUT2D eigenvalue weighted by Gasteiger charge is 2.06. The Labute approximate surface area is 112 Å². The van der Waals surface area contributed by atoms with E-state index in [9.17, 15) is 4.79 Å². The van der Waals surface area contributed by atoms with Crippen molar-refractivity contribution >= 4 is 11.6 Å². The average molecular weight is 258 g/mol. The van der Waals surface area contributed by atoms with Crippen LogP contribution in [0.15, 0.2) is 47.1 Å². The van der Waals surface area contributed by atoms with Crippen molar-refractivity contribution in [2.75, 3.05) is 5.32 Å². The van der Waals surface area contributed by atoms with E-state index in [1.54, 1.807) is 6.26 Å². The zero-order valence-electron chi connectivity index (χ0n) is 11.1. The maximum atomic E-state index is 10.9. The van der Waals surface area contributed by atoms with Gasteiger partial charge in [-0.2, -0.15) is 0 Å². The van der Waals surface area contributed by atoms with Crippen molar-refractivity contribution in [3.8, 4) is 0 Å². The first-order chi connectivity index (χ1) is 9.15. The van der Waals surface area contributed by atoms with Gasteiger partial charge in [-0.05, 0) is 36.8 Å². The summed E-state index contributed by atoms with van der Waals surface area (Å²) in [5.74, 6) is 0.868. The van der Waals surface area contributed by atoms with E-state index in [0.29, 0.717) is 0 Å². The van der Waals surface area contributed by atoms with Crippen LogP contribution in [0.3, 0.4) is 0 Å². The molecule has 0 aliphatic heterocycles. The fourth-order valence-corrected chi connectivity index (χ4v) is 1.82. The first-order valence-corrected chi connectivity index (χ1v) is 6.28. The zero-order valence-corrected chi connectivity index (χ0v) is 11.1. The quantitative estimate of drug-likeness (QED) is 0.866. The van der Waals surface area contributed by atoms with Crippen LogP contribution < -0.4 is 10.6 Å². The summed E-state index contributed by atoms with van der Waals surface area (Å²) in [6.07, 6.45) is 1.68. The Kier molecular flexibility index (Phi) is 4.36. The molecule has 100 valence electrons. The molecule has 0 fully saturated rings. The highest BCUT2D eigenvalue weighted by atomic mass is 16.3. The Bertz CT molecular complexity index is 518. The predicted molar refractivity (Wildman–Crippen MR) is 74.7 cm³/mol. The van der Waals surface area contributed by atoms with Crippen LogP contribution in [0.5, 0.6) is 0 Å². The first-order valence-electron chi connectivity index (χ1n) is 6.28. The Balaban J connectivity index is 1.88. The number of carbonyl (C=O) groups excluding carboxylic acids is 1. The Morgan fingerprint density at radius 3 is 2.58 bits per heavy atom. The van der Waals surface area contributed by atoms with Crippen LogP contribution in [0.1, 0.15) is 31.2 Å². The second-order valence-corrected chi connectivity index (χ2v) is 4.50. The van der Waals surface area contributed by atoms with Crippen molar-refractivity contribution in [2.24, 2.45) is 0 Å². The molecule has 1 aromatic heterocycles. The zero-order chi connectivity index (χ0) is 13.7. The number of nitrogens with one attached hydrogen (secondary N) is 2. The molecule has 2 rings (SSSR count). The molecule has 0 radical (unpaired) electrons. The molecule has 0 saturated carbocycles. The summed E-state index contributed by atoms with van der Waals surface area (Å²) in [5, 5.41) is 6.13. The molecular weight excluding hydrogens is 240 g/mol. The minimum Gasteiger partial charge on any atom is -0.468 e. The van der Waals surface area contributed by atoms with Crippen LogP contribution in [0.2, 0.25) is 0 Å². The van der Waals surface area contributed by atoms with Crippen molar-refractivity contribution in [2.45, 2.75) is 26.4 Å². The third-order valence-corrected chi connectivity index (χ3v) is 2.86. The number of anilines is 1. The van der Waals surface area contributed by atoms with Crippen LogP contribution in [0.25, 0.3) is 0 Å². The normalized spacial score (nSPS) is 12.1. The van der Waals surface area contributed by atoms with Crippen LogP contribution in [0.4, 0.5) is 5.69 Å². The second kappa shape index (κ2) is 6.20. The molecule has 1 atom stereocenters. The van der Waals surface area contributed by atoms with Crippen LogP contribution in [-0.4, -0.2) is 5.91 Å². The molecule has 19 heavy (non-hydrogen) atoms. The molecule has 1 amide bonds. The van der Waals surface area contributed by atoms with E-state index in [0.717, 1.165) is 23.6 Å². The summed E-state index contributed by atoms with van der Waals surface area (Å²) in [6.45, 7) is 4.31. The minimum atomic E-state index is -0.0580. The maximum Gasteiger partial charge on any atom is 0.221 e. The summed E-state index contributed by atoms with van der Waals surface area (Å²) in [6, 6.07) is 11.8. The van der Waals surface area contributed by atoms with Gasteiger partial charge in [-0.1, -0.05) is 12.1 Å². The van der Waals surface area contributed by atoms with E-state index in [4.69, 9.17) is 4.42 Å². The number of furan rings is 1. The Hall–Kier alpha value is -2.07. The SMILES string of the molecule is CC(=O)Nc1ccc(CN[C@@H](C)c2ccco2)cc1. The van der Waals surface area contributed by atoms with E-state index in [-0.39, 0.29) is 11.9 Å². The minimum absolute atomic E-state index is 0.0580. The number of rotatable bonds is 5. The standard InChI is InChI=1S/C15H18N2O2/c1-11(15-4-3-9-19-15)16-10-13-5-7-14(8-6-13)17-12(2)18/h3-9,11,16H,10H2,1-2H3,(H,17,18)/t11-/m0/s1. The first kappa shape index (κ1) is 13.4. The lowest BCUT2D eigenvalue weighted by Crippen LogP contribution is -2.17. The largest absolute Gasteiger partial charge is 0.468 e. The van der Waals surface area contributed by atoms with Crippen molar-refractivity contribution in [1.29, 1.82) is 0 Å². The van der Waals surface area contributed by atoms with Crippen molar-refractivity contribution < 1.29 is 9.21 Å². The van der Waals surface area contributed by atoms with Gasteiger partial charge in [0, 0.05) is 19.2 Å². The third kappa shape index (κ3) is 3.96. The highest BCUT2D eigenvalue weighted by Crippen LogP contribution is 2.14. The fourth-order valence-electron chi connectivity index (χ4n) is 1.82. The fraction of sp³-hybridized carbons (Fsp3) is 0.267. The van der Waals surface area contributed by atoms with Gasteiger partial charge >= 0.3 is 0 Å². The molecule has 0 bridgehead atoms. The van der Waals surface area contributed by atoms with E-state index in [1.165, 1.54) is 6.92 Å². The number of amides is 1. The average Bonchev–Trinajstić information content (AvgIpc) is 2.91. The Morgan fingerprint density at radius 2 is 2.00 bits per heavy atom. The van der Waals surface area contributed by atoms with Crippen molar-refractivity contribution in [1.82, 2.24) is 5.32 Å². The van der Waals surface area contributed by atoms with Gasteiger partial charge in [-0.3, -0.25) is 4.79 Å². The van der Waals surface area contributed by atoms with Crippen molar-refractivity contribution in [3.05, 3.63) is 54.0 Å². The second-order valence-electron chi connectivity index (χ2n) is 4.50. The van der Waals surface area contributed by atoms with Gasteiger partial charge in [0.2, 0.25) is 5.91 Å². The topological polar surface area (TPSA) is 54.3 Å². The van der Waals surface area contributed by atoms with Crippen LogP contribution >= 0.6 is 0 Å². The number of benzene rings is 1. The third-order valence-electron chi connectivity index (χ3n) is 2.86. The van der Waals surface area contributed by atoms with Gasteiger partial charge in [0.15, 0.2) is 0 Å². The molecular formula is C15H18N2O2. The predicted octanol–water partition coefficient (Wildman–Crippen LogP) is 3.09. The molecule has 0 saturated heterocycles. The van der Waals surface area contributed by atoms with E-state index in [2.05, 4.69) is 17.6 Å². The lowest BCUT2D eigenvalue weighted by atomic mass is 10.2. The van der Waals surface area contributed by atoms with Crippen LogP contribution in [0, 0.1) is 0 Å². The summed E-state index contributed by atoms with van der Waals surface area (Å²) in [5.41, 5.74) is 1.97. The monoisotopic (exact) mass is 258 g/mol. The number of hydrogen-bond acceptors (Lipinski definition) is 3. The summed E-state index contributed by atoms with van der Waals surface area (Å²) >= 11 is 0. The Morgan fingerprint density at radius 1 is 1.26 bits per heavy atom. The summed E-state index contributed by atoms with van der Waals surface area (Å²) < 4.78 is 5.34. The lowest BCUT2D eigenvalue weighted by Gasteiger charge is -2.11. The van der Waals surface area contributed by atoms with Gasteiger partial charge in [0.05, 0.1) is 12.3 Å². The molecule has 0 unspecified atom stereocenters. The van der Waals surface area contributed by atoms with Gasteiger partial charge in [0.25, 0.3) is 0 Å². The van der Waals surface area contributed by atoms with Gasteiger partial charge in [-0.25, -0.2) is 0 Å². The molecule has 1 aromatic carbocycles. The molecule has 0 spiro atoms. The molecule has 4 heteroatoms. The van der Waals surface area contributed by atoms with Crippen LogP contribution in [-0.2, 0) is 11.3 Å². The van der Waals surface area contributed by atoms with E-state index in [1.807, 2.05) is 36.4 Å².